The molecule has 1 N–H and O–H groups in total. The lowest BCUT2D eigenvalue weighted by Crippen LogP contribution is -2.28. The van der Waals surface area contributed by atoms with Gasteiger partial charge < -0.3 is 10.2 Å². The number of pyridine rings is 1. The largest absolute Gasteiger partial charge is 0.339 e. The molecule has 5 rings (SSSR count). The Labute approximate surface area is 162 Å². The summed E-state index contributed by atoms with van der Waals surface area (Å²) in [6, 6.07) is 2.40. The average molecular weight is 378 g/mol. The minimum absolute atomic E-state index is 0.00381. The van der Waals surface area contributed by atoms with Crippen molar-refractivity contribution in [3.63, 3.8) is 0 Å². The third kappa shape index (κ3) is 3.19. The standard InChI is InChI=1S/C20H22N6O2/c27-18-3-2-14-5-13(8-22-20(14)24-18)1-4-19(28)25-9-15-6-17(7-16(15)10-25)26-12-21-11-23-26/h1,4-5,8,11-12,15-17H,2-3,6-7,9-10H2,(H,22,24,27). The first-order chi connectivity index (χ1) is 13.7. The Morgan fingerprint density at radius 2 is 2.04 bits per heavy atom. The number of nitrogens with one attached hydrogen (secondary N) is 1. The smallest absolute Gasteiger partial charge is 0.246 e. The highest BCUT2D eigenvalue weighted by Crippen LogP contribution is 2.43. The van der Waals surface area contributed by atoms with Gasteiger partial charge in [-0.1, -0.05) is 0 Å². The van der Waals surface area contributed by atoms with E-state index in [4.69, 9.17) is 0 Å². The lowest BCUT2D eigenvalue weighted by Gasteiger charge is -2.18. The minimum atomic E-state index is 0.00381. The lowest BCUT2D eigenvalue weighted by molar-refractivity contribution is -0.125. The Bertz CT molecular complexity index is 924. The molecule has 2 atom stereocenters. The fourth-order valence-corrected chi connectivity index (χ4v) is 4.71. The monoisotopic (exact) mass is 378 g/mol. The Balaban J connectivity index is 1.20. The van der Waals surface area contributed by atoms with Crippen LogP contribution in [0.25, 0.3) is 6.08 Å². The molecule has 2 fully saturated rings. The van der Waals surface area contributed by atoms with Crippen LogP contribution in [-0.4, -0.2) is 49.6 Å². The maximum Gasteiger partial charge on any atom is 0.246 e. The van der Waals surface area contributed by atoms with E-state index in [2.05, 4.69) is 20.4 Å². The third-order valence-electron chi connectivity index (χ3n) is 6.13. The quantitative estimate of drug-likeness (QED) is 0.821. The number of aryl methyl sites for hydroxylation is 1. The topological polar surface area (TPSA) is 93.0 Å². The molecular formula is C20H22N6O2. The number of fused-ring (bicyclic) bond motifs is 2. The number of rotatable bonds is 3. The Morgan fingerprint density at radius 1 is 1.21 bits per heavy atom. The molecule has 0 bridgehead atoms. The van der Waals surface area contributed by atoms with Gasteiger partial charge in [0.1, 0.15) is 18.5 Å². The summed E-state index contributed by atoms with van der Waals surface area (Å²) in [5.41, 5.74) is 1.90. The molecule has 0 radical (unpaired) electrons. The summed E-state index contributed by atoms with van der Waals surface area (Å²) in [5.74, 6) is 1.78. The summed E-state index contributed by atoms with van der Waals surface area (Å²) in [4.78, 5) is 34.3. The number of hydrogen-bond donors (Lipinski definition) is 1. The molecule has 3 aliphatic rings. The van der Waals surface area contributed by atoms with Crippen molar-refractivity contribution in [2.24, 2.45) is 11.8 Å². The van der Waals surface area contributed by atoms with Crippen LogP contribution in [0.5, 0.6) is 0 Å². The molecule has 1 saturated heterocycles. The molecule has 0 aromatic carbocycles. The Kier molecular flexibility index (Phi) is 4.18. The highest BCUT2D eigenvalue weighted by Gasteiger charge is 2.42. The molecule has 2 aromatic heterocycles. The molecule has 1 aliphatic carbocycles. The van der Waals surface area contributed by atoms with Gasteiger partial charge in [-0.3, -0.25) is 9.59 Å². The zero-order valence-electron chi connectivity index (χ0n) is 15.5. The molecule has 8 heteroatoms. The van der Waals surface area contributed by atoms with Gasteiger partial charge in [-0.2, -0.15) is 5.10 Å². The first kappa shape index (κ1) is 17.1. The molecule has 2 amide bonds. The molecule has 144 valence electrons. The van der Waals surface area contributed by atoms with Crippen LogP contribution in [-0.2, 0) is 16.0 Å². The molecule has 1 saturated carbocycles. The fourth-order valence-electron chi connectivity index (χ4n) is 4.71. The first-order valence-electron chi connectivity index (χ1n) is 9.75. The Morgan fingerprint density at radius 3 is 2.79 bits per heavy atom. The third-order valence-corrected chi connectivity index (χ3v) is 6.13. The van der Waals surface area contributed by atoms with E-state index in [1.165, 1.54) is 0 Å². The van der Waals surface area contributed by atoms with Gasteiger partial charge in [0.2, 0.25) is 11.8 Å². The van der Waals surface area contributed by atoms with Gasteiger partial charge in [0.15, 0.2) is 0 Å². The van der Waals surface area contributed by atoms with Crippen LogP contribution < -0.4 is 5.32 Å². The van der Waals surface area contributed by atoms with Crippen molar-refractivity contribution in [2.75, 3.05) is 18.4 Å². The van der Waals surface area contributed by atoms with Crippen LogP contribution in [0.1, 0.15) is 36.4 Å². The van der Waals surface area contributed by atoms with Crippen molar-refractivity contribution in [1.29, 1.82) is 0 Å². The SMILES string of the molecule is O=C1CCc2cc(C=CC(=O)N3CC4CC(n5cncn5)CC4C3)cnc2N1. The highest BCUT2D eigenvalue weighted by molar-refractivity contribution is 5.94. The number of carbonyl (C=O) groups excluding carboxylic acids is 2. The first-order valence-corrected chi connectivity index (χ1v) is 9.75. The molecule has 0 spiro atoms. The summed E-state index contributed by atoms with van der Waals surface area (Å²) >= 11 is 0. The van der Waals surface area contributed by atoms with Crippen molar-refractivity contribution >= 4 is 23.7 Å². The molecular weight excluding hydrogens is 356 g/mol. The number of amides is 2. The van der Waals surface area contributed by atoms with Gasteiger partial charge in [0, 0.05) is 31.8 Å². The van der Waals surface area contributed by atoms with Crippen molar-refractivity contribution in [3.05, 3.63) is 42.1 Å². The summed E-state index contributed by atoms with van der Waals surface area (Å²) in [6.45, 7) is 1.63. The van der Waals surface area contributed by atoms with Gasteiger partial charge in [-0.15, -0.1) is 0 Å². The van der Waals surface area contributed by atoms with Gasteiger partial charge in [0.05, 0.1) is 6.04 Å². The van der Waals surface area contributed by atoms with E-state index in [1.807, 2.05) is 21.7 Å². The van der Waals surface area contributed by atoms with E-state index in [0.29, 0.717) is 36.5 Å². The van der Waals surface area contributed by atoms with E-state index in [1.54, 1.807) is 24.9 Å². The second kappa shape index (κ2) is 6.85. The highest BCUT2D eigenvalue weighted by atomic mass is 16.2. The lowest BCUT2D eigenvalue weighted by atomic mass is 10.0. The summed E-state index contributed by atoms with van der Waals surface area (Å²) < 4.78 is 1.95. The molecule has 8 nitrogen and oxygen atoms in total. The van der Waals surface area contributed by atoms with E-state index < -0.39 is 0 Å². The van der Waals surface area contributed by atoms with Gasteiger partial charge in [-0.25, -0.2) is 14.6 Å². The van der Waals surface area contributed by atoms with Gasteiger partial charge >= 0.3 is 0 Å². The maximum atomic E-state index is 12.6. The predicted molar refractivity (Wildman–Crippen MR) is 102 cm³/mol. The average Bonchev–Trinajstić information content (AvgIpc) is 3.41. The minimum Gasteiger partial charge on any atom is -0.339 e. The maximum absolute atomic E-state index is 12.6. The van der Waals surface area contributed by atoms with Crippen LogP contribution in [0.15, 0.2) is 31.0 Å². The van der Waals surface area contributed by atoms with Gasteiger partial charge in [-0.05, 0) is 54.4 Å². The zero-order chi connectivity index (χ0) is 19.1. The molecule has 28 heavy (non-hydrogen) atoms. The van der Waals surface area contributed by atoms with Crippen LogP contribution in [0.3, 0.4) is 0 Å². The second-order valence-corrected chi connectivity index (χ2v) is 7.92. The fraction of sp³-hybridized carbons (Fsp3) is 0.450. The number of carbonyl (C=O) groups is 2. The van der Waals surface area contributed by atoms with E-state index in [0.717, 1.165) is 37.1 Å². The van der Waals surface area contributed by atoms with Crippen LogP contribution in [0, 0.1) is 11.8 Å². The van der Waals surface area contributed by atoms with E-state index in [-0.39, 0.29) is 11.8 Å². The Hall–Kier alpha value is -3.03. The van der Waals surface area contributed by atoms with Crippen LogP contribution >= 0.6 is 0 Å². The van der Waals surface area contributed by atoms with E-state index in [9.17, 15) is 9.59 Å². The predicted octanol–water partition coefficient (Wildman–Crippen LogP) is 1.68. The molecule has 2 aromatic rings. The van der Waals surface area contributed by atoms with Crippen molar-refractivity contribution < 1.29 is 9.59 Å². The summed E-state index contributed by atoms with van der Waals surface area (Å²) in [6.07, 6.45) is 11.8. The second-order valence-electron chi connectivity index (χ2n) is 7.92. The van der Waals surface area contributed by atoms with Gasteiger partial charge in [0.25, 0.3) is 0 Å². The molecule has 2 aliphatic heterocycles. The molecule has 2 unspecified atom stereocenters. The normalized spacial score (nSPS) is 26.4. The number of aromatic nitrogens is 4. The summed E-state index contributed by atoms with van der Waals surface area (Å²) in [7, 11) is 0. The number of hydrogen-bond acceptors (Lipinski definition) is 5. The number of likely N-dealkylation sites (tertiary alicyclic amines) is 1. The van der Waals surface area contributed by atoms with E-state index >= 15 is 0 Å². The number of anilines is 1. The summed E-state index contributed by atoms with van der Waals surface area (Å²) in [5, 5.41) is 7.04. The van der Waals surface area contributed by atoms with Crippen LogP contribution in [0.2, 0.25) is 0 Å². The van der Waals surface area contributed by atoms with Crippen molar-refractivity contribution in [3.8, 4) is 0 Å². The zero-order valence-corrected chi connectivity index (χ0v) is 15.5. The van der Waals surface area contributed by atoms with Crippen molar-refractivity contribution in [1.82, 2.24) is 24.6 Å². The number of nitrogens with zero attached hydrogens (tertiary/aromatic N) is 5. The van der Waals surface area contributed by atoms with Crippen LogP contribution in [0.4, 0.5) is 5.82 Å². The molecule has 4 heterocycles. The van der Waals surface area contributed by atoms with Crippen molar-refractivity contribution in [2.45, 2.75) is 31.7 Å².